The Morgan fingerprint density at radius 2 is 1.55 bits per heavy atom. The molecule has 1 spiro atoms. The monoisotopic (exact) mass is 736 g/mol. The number of ether oxygens (including phenoxy) is 1. The number of aryl methyl sites for hydroxylation is 2. The summed E-state index contributed by atoms with van der Waals surface area (Å²) in [5.41, 5.74) is 6.46. The van der Waals surface area contributed by atoms with Gasteiger partial charge in [-0.3, -0.25) is 19.3 Å². The molecule has 11 heteroatoms. The Morgan fingerprint density at radius 1 is 0.836 bits per heavy atom. The van der Waals surface area contributed by atoms with Gasteiger partial charge in [-0.1, -0.05) is 36.4 Å². The average Bonchev–Trinajstić information content (AvgIpc) is 3.18. The number of para-hydroxylation sites is 3. The highest BCUT2D eigenvalue weighted by atomic mass is 19.1. The lowest BCUT2D eigenvalue weighted by Crippen LogP contribution is -2.59. The van der Waals surface area contributed by atoms with E-state index >= 15 is 0 Å². The Labute approximate surface area is 319 Å². The van der Waals surface area contributed by atoms with E-state index in [0.29, 0.717) is 50.8 Å². The summed E-state index contributed by atoms with van der Waals surface area (Å²) in [6, 6.07) is 27.3. The van der Waals surface area contributed by atoms with Gasteiger partial charge in [0.15, 0.2) is 0 Å². The number of pyridine rings is 1. The Hall–Kier alpha value is -6.20. The van der Waals surface area contributed by atoms with Crippen molar-refractivity contribution in [1.82, 2.24) is 4.98 Å². The predicted molar refractivity (Wildman–Crippen MR) is 213 cm³/mol. The maximum Gasteiger partial charge on any atom is 0.259 e. The third-order valence-corrected chi connectivity index (χ3v) is 10.8. The summed E-state index contributed by atoms with van der Waals surface area (Å²) in [5.74, 6) is -0.749. The number of hydrogen-bond acceptors (Lipinski definition) is 7. The average molecular weight is 737 g/mol. The molecular weight excluding hydrogens is 696 g/mol. The quantitative estimate of drug-likeness (QED) is 0.174. The lowest BCUT2D eigenvalue weighted by Gasteiger charge is -2.53. The summed E-state index contributed by atoms with van der Waals surface area (Å²) in [4.78, 5) is 54.5. The topological polar surface area (TPSA) is 116 Å². The number of halogens is 1. The first-order chi connectivity index (χ1) is 26.6. The smallest absolute Gasteiger partial charge is 0.259 e. The molecule has 4 aromatic carbocycles. The highest BCUT2D eigenvalue weighted by molar-refractivity contribution is 6.19. The normalized spacial score (nSPS) is 17.2. The number of rotatable bonds is 7. The van der Waals surface area contributed by atoms with Crippen molar-refractivity contribution in [1.29, 1.82) is 0 Å². The molecule has 4 heterocycles. The number of carbonyl (C=O) groups excluding carboxylic acids is 3. The van der Waals surface area contributed by atoms with Crippen LogP contribution in [0.1, 0.15) is 67.5 Å². The fraction of sp³-hybridized carbons (Fsp3) is 0.250. The second kappa shape index (κ2) is 14.6. The van der Waals surface area contributed by atoms with E-state index in [-0.39, 0.29) is 22.9 Å². The van der Waals surface area contributed by atoms with Crippen LogP contribution in [0.15, 0.2) is 108 Å². The highest BCUT2D eigenvalue weighted by Crippen LogP contribution is 2.43. The van der Waals surface area contributed by atoms with Gasteiger partial charge in [0.2, 0.25) is 0 Å². The molecule has 10 nitrogen and oxygen atoms in total. The van der Waals surface area contributed by atoms with Crippen LogP contribution in [0.25, 0.3) is 0 Å². The van der Waals surface area contributed by atoms with Crippen molar-refractivity contribution in [3.05, 3.63) is 142 Å². The summed E-state index contributed by atoms with van der Waals surface area (Å²) in [5, 5.41) is 5.69. The van der Waals surface area contributed by atoms with Crippen molar-refractivity contribution in [2.75, 3.05) is 46.7 Å². The largest absolute Gasteiger partial charge is 0.381 e. The fourth-order valence-corrected chi connectivity index (χ4v) is 7.72. The predicted octanol–water partition coefficient (Wildman–Crippen LogP) is 8.13. The van der Waals surface area contributed by atoms with Crippen LogP contribution in [0, 0.1) is 25.1 Å². The lowest BCUT2D eigenvalue weighted by molar-refractivity contribution is -0.000511. The molecule has 2 N–H and O–H groups in total. The number of fused-ring (bicyclic) bond motifs is 1. The van der Waals surface area contributed by atoms with Gasteiger partial charge in [0.25, 0.3) is 17.7 Å². The molecule has 55 heavy (non-hydrogen) atoms. The van der Waals surface area contributed by atoms with E-state index in [1.165, 1.54) is 6.07 Å². The minimum Gasteiger partial charge on any atom is -0.381 e. The van der Waals surface area contributed by atoms with Crippen molar-refractivity contribution >= 4 is 52.0 Å². The molecule has 8 rings (SSSR count). The number of hydrogen-bond donors (Lipinski definition) is 2. The van der Waals surface area contributed by atoms with E-state index < -0.39 is 17.8 Å². The number of aromatic nitrogens is 1. The molecule has 0 bridgehead atoms. The van der Waals surface area contributed by atoms with Gasteiger partial charge in [0.05, 0.1) is 34.4 Å². The number of anilines is 4. The molecule has 0 saturated carbocycles. The molecule has 5 aromatic rings. The zero-order chi connectivity index (χ0) is 38.3. The molecular formula is C44H41FN6O4. The van der Waals surface area contributed by atoms with Crippen LogP contribution in [-0.4, -0.2) is 60.8 Å². The van der Waals surface area contributed by atoms with Crippen molar-refractivity contribution in [3.63, 3.8) is 0 Å². The molecule has 0 radical (unpaired) electrons. The van der Waals surface area contributed by atoms with Crippen LogP contribution in [0.5, 0.6) is 0 Å². The molecule has 3 aliphatic heterocycles. The van der Waals surface area contributed by atoms with Gasteiger partial charge in [-0.15, -0.1) is 0 Å². The van der Waals surface area contributed by atoms with Crippen molar-refractivity contribution in [2.24, 2.45) is 10.4 Å². The Bertz CT molecular complexity index is 2310. The first-order valence-electron chi connectivity index (χ1n) is 18.5. The second-order valence-electron chi connectivity index (χ2n) is 14.7. The van der Waals surface area contributed by atoms with Crippen LogP contribution in [0.4, 0.5) is 33.0 Å². The van der Waals surface area contributed by atoms with Gasteiger partial charge in [-0.25, -0.2) is 14.4 Å². The number of benzene rings is 4. The number of carbonyl (C=O) groups is 3. The molecule has 3 aliphatic rings. The third-order valence-electron chi connectivity index (χ3n) is 10.8. The van der Waals surface area contributed by atoms with E-state index in [1.54, 1.807) is 78.7 Å². The fourth-order valence-electron chi connectivity index (χ4n) is 7.72. The summed E-state index contributed by atoms with van der Waals surface area (Å²) >= 11 is 0. The first kappa shape index (κ1) is 35.8. The van der Waals surface area contributed by atoms with Crippen molar-refractivity contribution < 1.29 is 23.5 Å². The summed E-state index contributed by atoms with van der Waals surface area (Å²) in [7, 11) is 0. The number of amides is 3. The number of aliphatic imine (C=N–C) groups is 1. The Kier molecular flexibility index (Phi) is 9.48. The summed E-state index contributed by atoms with van der Waals surface area (Å²) in [6.07, 6.45) is 3.83. The Morgan fingerprint density at radius 3 is 2.27 bits per heavy atom. The molecule has 1 aromatic heterocycles. The molecule has 2 saturated heterocycles. The van der Waals surface area contributed by atoms with Crippen LogP contribution in [-0.2, 0) is 4.74 Å². The SMILES string of the molecule is Cc1cnc(N2CC3(CCOCC3)C2)c(C(=O)Nc2ccc(C(=O)N3c4ccccc4N=C(c4ccc(C(=O)Nc5c(C)cccc5F)cc4)[C@H]3C)cc2)c1. The number of nitrogens with zero attached hydrogens (tertiary/aromatic N) is 4. The number of nitrogens with one attached hydrogen (secondary N) is 2. The van der Waals surface area contributed by atoms with E-state index in [0.717, 1.165) is 50.3 Å². The van der Waals surface area contributed by atoms with Gasteiger partial charge in [0.1, 0.15) is 11.6 Å². The van der Waals surface area contributed by atoms with E-state index in [1.807, 2.05) is 44.2 Å². The molecule has 0 aliphatic carbocycles. The van der Waals surface area contributed by atoms with Gasteiger partial charge in [0, 0.05) is 54.7 Å². The van der Waals surface area contributed by atoms with Crippen LogP contribution in [0.3, 0.4) is 0 Å². The zero-order valence-corrected chi connectivity index (χ0v) is 30.9. The summed E-state index contributed by atoms with van der Waals surface area (Å²) in [6.45, 7) is 8.82. The maximum atomic E-state index is 14.4. The highest BCUT2D eigenvalue weighted by Gasteiger charge is 2.45. The molecule has 3 amide bonds. The second-order valence-corrected chi connectivity index (χ2v) is 14.7. The first-order valence-corrected chi connectivity index (χ1v) is 18.5. The molecule has 278 valence electrons. The van der Waals surface area contributed by atoms with Gasteiger partial charge in [-0.2, -0.15) is 0 Å². The van der Waals surface area contributed by atoms with Crippen molar-refractivity contribution in [2.45, 2.75) is 39.7 Å². The van der Waals surface area contributed by atoms with Gasteiger partial charge < -0.3 is 20.3 Å². The van der Waals surface area contributed by atoms with E-state index in [9.17, 15) is 18.8 Å². The lowest BCUT2D eigenvalue weighted by atomic mass is 9.73. The van der Waals surface area contributed by atoms with Crippen LogP contribution < -0.4 is 20.4 Å². The van der Waals surface area contributed by atoms with Crippen LogP contribution in [0.2, 0.25) is 0 Å². The maximum absolute atomic E-state index is 14.4. The van der Waals surface area contributed by atoms with Gasteiger partial charge in [-0.05, 0) is 111 Å². The molecule has 1 atom stereocenters. The zero-order valence-electron chi connectivity index (χ0n) is 30.9. The minimum absolute atomic E-state index is 0.145. The molecule has 2 fully saturated rings. The standard InChI is InChI=1S/C44H41FN6O4/c1-27-23-34(40(46-24-27)50-25-44(26-50)19-21-55-22-20-44)42(53)47-33-17-15-32(16-18-33)43(54)51-29(3)39(48-36-9-4-5-10-37(36)51)30-11-13-31(14-12-30)41(52)49-38-28(2)7-6-8-35(38)45/h4-18,23-24,29H,19-22,25-26H2,1-3H3,(H,47,53)(H,49,52)/t29-/m1/s1. The van der Waals surface area contributed by atoms with E-state index in [4.69, 9.17) is 9.73 Å². The van der Waals surface area contributed by atoms with Crippen molar-refractivity contribution in [3.8, 4) is 0 Å². The Balaban J connectivity index is 0.982. The minimum atomic E-state index is -0.502. The molecule has 0 unspecified atom stereocenters. The van der Waals surface area contributed by atoms with Crippen LogP contribution >= 0.6 is 0 Å². The summed E-state index contributed by atoms with van der Waals surface area (Å²) < 4.78 is 20.0. The van der Waals surface area contributed by atoms with E-state index in [2.05, 4.69) is 20.5 Å². The van der Waals surface area contributed by atoms with Gasteiger partial charge >= 0.3 is 0 Å². The third kappa shape index (κ3) is 6.99.